The van der Waals surface area contributed by atoms with Crippen LogP contribution in [0, 0.1) is 17.6 Å². The first-order chi connectivity index (χ1) is 27.2. The van der Waals surface area contributed by atoms with Gasteiger partial charge >= 0.3 is 0 Å². The maximum atomic E-state index is 15.1. The number of piperazine rings is 1. The smallest absolute Gasteiger partial charge is 0.266 e. The molecule has 4 atom stereocenters. The molecule has 8 nitrogen and oxygen atoms in total. The van der Waals surface area contributed by atoms with Gasteiger partial charge in [-0.25, -0.2) is 13.8 Å². The number of rotatable bonds is 18. The standard InChI is InChI=1S/C43H58F2N6O2S.C2H6.CH4/c1-6-33(5)51(42(52)7-2)47-23-11-14-34-12-10-13-35(28-34)30-48-24-26-49(27-25-48)37-16-18-39(19-17-37)54-31-38-21-22-43(53-38,32-50(9-4)46-8-3)40-20-15-36(44)29-41(40)45;1-2;/h7-8,10,12,15-20,23,28-29,33,35,38H,2,6,9,11,13-14,21-22,24-27,30-32H2,1,3-5H3;1-2H3;1H4/b46-8-,47-23-;;. The molecule has 4 unspecified atom stereocenters. The average molecular weight is 807 g/mol. The molecule has 0 spiro atoms. The first kappa shape index (κ1) is 47.6. The zero-order chi connectivity index (χ0) is 40.5. The molecule has 2 aromatic rings. The number of likely N-dealkylation sites (N-methyl/N-ethyl adjacent to an activating group) is 1. The van der Waals surface area contributed by atoms with Crippen LogP contribution in [0.2, 0.25) is 0 Å². The molecule has 57 heavy (non-hydrogen) atoms. The van der Waals surface area contributed by atoms with Gasteiger partial charge in [0.2, 0.25) is 0 Å². The molecular formula is C46H68F2N6O2S. The van der Waals surface area contributed by atoms with Crippen LogP contribution in [-0.2, 0) is 15.1 Å². The summed E-state index contributed by atoms with van der Waals surface area (Å²) in [6.45, 7) is 21.7. The second-order valence-corrected chi connectivity index (χ2v) is 15.6. The maximum Gasteiger partial charge on any atom is 0.266 e. The van der Waals surface area contributed by atoms with Crippen molar-refractivity contribution < 1.29 is 18.3 Å². The quantitative estimate of drug-likeness (QED) is 0.0647. The topological polar surface area (TPSA) is 64.0 Å². The summed E-state index contributed by atoms with van der Waals surface area (Å²) < 4.78 is 35.6. The first-order valence-corrected chi connectivity index (χ1v) is 21.6. The molecule has 0 saturated carbocycles. The fraction of sp³-hybridized carbons (Fsp3) is 0.543. The van der Waals surface area contributed by atoms with Crippen LogP contribution in [0.5, 0.6) is 0 Å². The van der Waals surface area contributed by atoms with Crippen LogP contribution in [0.15, 0.2) is 94.0 Å². The van der Waals surface area contributed by atoms with E-state index in [-0.39, 0.29) is 25.5 Å². The van der Waals surface area contributed by atoms with E-state index in [9.17, 15) is 9.18 Å². The number of thioether (sulfide) groups is 1. The molecule has 314 valence electrons. The van der Waals surface area contributed by atoms with Crippen LogP contribution >= 0.6 is 11.8 Å². The fourth-order valence-corrected chi connectivity index (χ4v) is 8.45. The van der Waals surface area contributed by atoms with Crippen LogP contribution < -0.4 is 4.90 Å². The molecule has 2 saturated heterocycles. The van der Waals surface area contributed by atoms with Gasteiger partial charge < -0.3 is 9.64 Å². The van der Waals surface area contributed by atoms with Gasteiger partial charge in [0, 0.05) is 79.7 Å². The van der Waals surface area contributed by atoms with Crippen LogP contribution in [0.4, 0.5) is 14.5 Å². The highest BCUT2D eigenvalue weighted by Gasteiger charge is 2.44. The number of carbonyl (C=O) groups is 1. The van der Waals surface area contributed by atoms with Crippen molar-refractivity contribution in [3.8, 4) is 0 Å². The third kappa shape index (κ3) is 13.6. The molecule has 3 aliphatic rings. The number of allylic oxidation sites excluding steroid dienone is 3. The lowest BCUT2D eigenvalue weighted by Gasteiger charge is -2.37. The third-order valence-corrected chi connectivity index (χ3v) is 11.8. The Kier molecular flexibility index (Phi) is 20.2. The molecule has 0 bridgehead atoms. The number of anilines is 1. The van der Waals surface area contributed by atoms with Gasteiger partial charge in [-0.2, -0.15) is 10.2 Å². The fourth-order valence-electron chi connectivity index (χ4n) is 7.51. The SMILES string of the molecule is C.C=CC(=O)N(/N=C\CCC1=CC(CN2CCN(c3ccc(SCC4CCC(CN(CC)/N=C\C)(c5ccc(F)cc5F)O4)cc3)CC2)CC=C1)C(C)CC.CC. The van der Waals surface area contributed by atoms with Gasteiger partial charge in [0.1, 0.15) is 17.2 Å². The van der Waals surface area contributed by atoms with Gasteiger partial charge in [-0.05, 0) is 102 Å². The lowest BCUT2D eigenvalue weighted by molar-refractivity contribution is -0.128. The molecule has 0 radical (unpaired) electrons. The maximum absolute atomic E-state index is 15.1. The molecule has 1 amide bonds. The van der Waals surface area contributed by atoms with Crippen molar-refractivity contribution in [3.63, 3.8) is 0 Å². The zero-order valence-electron chi connectivity index (χ0n) is 34.5. The molecule has 11 heteroatoms. The van der Waals surface area contributed by atoms with Crippen molar-refractivity contribution in [1.29, 1.82) is 0 Å². The molecule has 5 rings (SSSR count). The minimum Gasteiger partial charge on any atom is -0.369 e. The van der Waals surface area contributed by atoms with Crippen molar-refractivity contribution in [2.75, 3.05) is 56.5 Å². The van der Waals surface area contributed by atoms with Crippen molar-refractivity contribution in [3.05, 3.63) is 96.1 Å². The predicted molar refractivity (Wildman–Crippen MR) is 237 cm³/mol. The average Bonchev–Trinajstić information content (AvgIpc) is 3.64. The number of hydrazone groups is 2. The van der Waals surface area contributed by atoms with Crippen molar-refractivity contribution in [1.82, 2.24) is 14.9 Å². The van der Waals surface area contributed by atoms with Crippen LogP contribution in [0.1, 0.15) is 93.1 Å². The Bertz CT molecular complexity index is 1660. The van der Waals surface area contributed by atoms with Crippen molar-refractivity contribution in [2.24, 2.45) is 16.1 Å². The highest BCUT2D eigenvalue weighted by Crippen LogP contribution is 2.43. The molecule has 2 heterocycles. The van der Waals surface area contributed by atoms with E-state index in [1.165, 1.54) is 39.4 Å². The number of halogens is 2. The number of ether oxygens (including phenoxy) is 1. The minimum atomic E-state index is -0.885. The summed E-state index contributed by atoms with van der Waals surface area (Å²) in [6.07, 6.45) is 16.8. The Hall–Kier alpha value is -3.80. The Labute approximate surface area is 346 Å². The summed E-state index contributed by atoms with van der Waals surface area (Å²) in [5.41, 5.74) is 2.09. The minimum absolute atomic E-state index is 0. The van der Waals surface area contributed by atoms with Gasteiger partial charge in [0.15, 0.2) is 0 Å². The molecule has 2 fully saturated rings. The molecule has 2 aliphatic heterocycles. The van der Waals surface area contributed by atoms with E-state index >= 15 is 4.39 Å². The number of benzene rings is 2. The van der Waals surface area contributed by atoms with E-state index < -0.39 is 17.2 Å². The number of amides is 1. The molecule has 0 aromatic heterocycles. The zero-order valence-corrected chi connectivity index (χ0v) is 35.3. The van der Waals surface area contributed by atoms with Crippen molar-refractivity contribution >= 4 is 35.8 Å². The second kappa shape index (κ2) is 24.2. The normalized spacial score (nSPS) is 21.5. The summed E-state index contributed by atoms with van der Waals surface area (Å²) in [7, 11) is 0. The monoisotopic (exact) mass is 807 g/mol. The van der Waals surface area contributed by atoms with Crippen LogP contribution in [0.25, 0.3) is 0 Å². The lowest BCUT2D eigenvalue weighted by atomic mass is 9.89. The Balaban J connectivity index is 0.00000285. The molecular weight excluding hydrogens is 739 g/mol. The lowest BCUT2D eigenvalue weighted by Crippen LogP contribution is -2.47. The summed E-state index contributed by atoms with van der Waals surface area (Å²) in [6, 6.07) is 12.6. The Morgan fingerprint density at radius 1 is 1.11 bits per heavy atom. The molecule has 2 aromatic carbocycles. The van der Waals surface area contributed by atoms with E-state index in [4.69, 9.17) is 4.74 Å². The van der Waals surface area contributed by atoms with Gasteiger partial charge in [0.25, 0.3) is 5.91 Å². The second-order valence-electron chi connectivity index (χ2n) is 14.5. The molecule has 1 aliphatic carbocycles. The summed E-state index contributed by atoms with van der Waals surface area (Å²) in [5.74, 6) is -0.0724. The first-order valence-electron chi connectivity index (χ1n) is 20.6. The van der Waals surface area contributed by atoms with Gasteiger partial charge in [-0.3, -0.25) is 14.7 Å². The number of nitrogens with zero attached hydrogens (tertiary/aromatic N) is 6. The Morgan fingerprint density at radius 2 is 1.84 bits per heavy atom. The Morgan fingerprint density at radius 3 is 2.49 bits per heavy atom. The third-order valence-electron chi connectivity index (χ3n) is 10.7. The highest BCUT2D eigenvalue weighted by molar-refractivity contribution is 7.99. The van der Waals surface area contributed by atoms with Gasteiger partial charge in [-0.1, -0.05) is 64.6 Å². The number of carbonyl (C=O) groups excluding carboxylic acids is 1. The molecule has 0 N–H and O–H groups in total. The summed E-state index contributed by atoms with van der Waals surface area (Å²) in [5, 5.41) is 12.3. The largest absolute Gasteiger partial charge is 0.369 e. The highest BCUT2D eigenvalue weighted by atomic mass is 32.2. The van der Waals surface area contributed by atoms with E-state index in [1.54, 1.807) is 18.0 Å². The van der Waals surface area contributed by atoms with Crippen LogP contribution in [-0.4, -0.2) is 97.0 Å². The van der Waals surface area contributed by atoms with Crippen molar-refractivity contribution in [2.45, 2.75) is 110 Å². The van der Waals surface area contributed by atoms with E-state index in [0.29, 0.717) is 31.0 Å². The predicted octanol–water partition coefficient (Wildman–Crippen LogP) is 10.3. The van der Waals surface area contributed by atoms with E-state index in [1.807, 2.05) is 52.8 Å². The number of hydrogen-bond donors (Lipinski definition) is 0. The van der Waals surface area contributed by atoms with Gasteiger partial charge in [-0.15, -0.1) is 11.8 Å². The van der Waals surface area contributed by atoms with Crippen LogP contribution in [0.3, 0.4) is 0 Å². The summed E-state index contributed by atoms with van der Waals surface area (Å²) in [4.78, 5) is 18.4. The number of hydrogen-bond acceptors (Lipinski definition) is 8. The van der Waals surface area contributed by atoms with Gasteiger partial charge in [0.05, 0.1) is 18.7 Å². The summed E-state index contributed by atoms with van der Waals surface area (Å²) >= 11 is 1.76. The van der Waals surface area contributed by atoms with E-state index in [0.717, 1.165) is 76.6 Å². The van der Waals surface area contributed by atoms with E-state index in [2.05, 4.69) is 69.1 Å².